The molecule has 0 bridgehead atoms. The Balaban J connectivity index is 1.66. The highest BCUT2D eigenvalue weighted by Gasteiger charge is 2.06. The Morgan fingerprint density at radius 1 is 0.833 bits per heavy atom. The summed E-state index contributed by atoms with van der Waals surface area (Å²) in [5, 5.41) is 11.7. The van der Waals surface area contributed by atoms with E-state index in [9.17, 15) is 5.11 Å². The van der Waals surface area contributed by atoms with E-state index in [0.29, 0.717) is 0 Å². The predicted octanol–water partition coefficient (Wildman–Crippen LogP) is 5.11. The Hall–Kier alpha value is -3.33. The zero-order chi connectivity index (χ0) is 16.4. The molecule has 0 aliphatic heterocycles. The highest BCUT2D eigenvalue weighted by molar-refractivity contribution is 5.95. The van der Waals surface area contributed by atoms with Crippen LogP contribution in [0.3, 0.4) is 0 Å². The summed E-state index contributed by atoms with van der Waals surface area (Å²) in [5.41, 5.74) is 3.06. The van der Waals surface area contributed by atoms with Crippen LogP contribution in [0.15, 0.2) is 72.9 Å². The molecule has 0 saturated heterocycles. The molecule has 0 unspecified atom stereocenters. The molecule has 1 heterocycles. The first-order valence-electron chi connectivity index (χ1n) is 7.80. The van der Waals surface area contributed by atoms with Crippen LogP contribution in [-0.2, 0) is 0 Å². The molecule has 3 heteroatoms. The molecule has 0 radical (unpaired) electrons. The number of fused-ring (bicyclic) bond motifs is 1. The Morgan fingerprint density at radius 2 is 1.62 bits per heavy atom. The maximum absolute atomic E-state index is 9.32. The number of hydrogen-bond acceptors (Lipinski definition) is 2. The quantitative estimate of drug-likeness (QED) is 0.552. The number of phenols is 1. The zero-order valence-electron chi connectivity index (χ0n) is 13.0. The van der Waals surface area contributed by atoms with Crippen LogP contribution in [0.25, 0.3) is 34.2 Å². The summed E-state index contributed by atoms with van der Waals surface area (Å²) in [7, 11) is 0. The van der Waals surface area contributed by atoms with Gasteiger partial charge in [0.2, 0.25) is 0 Å². The van der Waals surface area contributed by atoms with Gasteiger partial charge in [-0.15, -0.1) is 0 Å². The van der Waals surface area contributed by atoms with Gasteiger partial charge in [-0.05, 0) is 34.5 Å². The van der Waals surface area contributed by atoms with Crippen LogP contribution in [0, 0.1) is 0 Å². The third-order valence-corrected chi connectivity index (χ3v) is 3.99. The maximum atomic E-state index is 9.32. The minimum atomic E-state index is 0.267. The van der Waals surface area contributed by atoms with Crippen molar-refractivity contribution in [2.24, 2.45) is 0 Å². The van der Waals surface area contributed by atoms with Gasteiger partial charge in [0.05, 0.1) is 5.69 Å². The minimum absolute atomic E-state index is 0.267. The van der Waals surface area contributed by atoms with E-state index in [2.05, 4.69) is 40.3 Å². The number of rotatable bonds is 3. The lowest BCUT2D eigenvalue weighted by Crippen LogP contribution is -1.81. The molecule has 4 aromatic rings. The summed E-state index contributed by atoms with van der Waals surface area (Å²) >= 11 is 0. The normalized spacial score (nSPS) is 11.3. The van der Waals surface area contributed by atoms with Gasteiger partial charge in [0, 0.05) is 11.8 Å². The van der Waals surface area contributed by atoms with Crippen LogP contribution in [-0.4, -0.2) is 15.1 Å². The Bertz CT molecular complexity index is 1010. The second-order valence-corrected chi connectivity index (χ2v) is 5.62. The van der Waals surface area contributed by atoms with E-state index in [1.807, 2.05) is 42.6 Å². The number of imidazole rings is 1. The first-order chi connectivity index (χ1) is 11.8. The first-order valence-corrected chi connectivity index (χ1v) is 7.80. The van der Waals surface area contributed by atoms with Crippen LogP contribution < -0.4 is 0 Å². The molecular weight excluding hydrogens is 296 g/mol. The average molecular weight is 312 g/mol. The average Bonchev–Trinajstić information content (AvgIpc) is 3.09. The van der Waals surface area contributed by atoms with E-state index in [4.69, 9.17) is 0 Å². The van der Waals surface area contributed by atoms with Crippen molar-refractivity contribution in [2.75, 3.05) is 0 Å². The van der Waals surface area contributed by atoms with Gasteiger partial charge in [-0.2, -0.15) is 0 Å². The van der Waals surface area contributed by atoms with E-state index in [1.165, 1.54) is 10.8 Å². The summed E-state index contributed by atoms with van der Waals surface area (Å²) in [6, 6.07) is 21.6. The van der Waals surface area contributed by atoms with Gasteiger partial charge in [0.1, 0.15) is 11.6 Å². The molecule has 0 spiro atoms. The van der Waals surface area contributed by atoms with Crippen LogP contribution in [0.1, 0.15) is 11.4 Å². The van der Waals surface area contributed by atoms with Crippen molar-refractivity contribution in [3.8, 4) is 17.0 Å². The van der Waals surface area contributed by atoms with E-state index in [-0.39, 0.29) is 5.75 Å². The number of nitrogens with one attached hydrogen (secondary N) is 1. The molecule has 0 atom stereocenters. The number of phenolic OH excluding ortho intramolecular Hbond substituents is 1. The summed E-state index contributed by atoms with van der Waals surface area (Å²) in [5.74, 6) is 1.06. The predicted molar refractivity (Wildman–Crippen MR) is 98.6 cm³/mol. The number of benzene rings is 3. The molecule has 2 N–H and O–H groups in total. The molecule has 24 heavy (non-hydrogen) atoms. The lowest BCUT2D eigenvalue weighted by Gasteiger charge is -2.03. The van der Waals surface area contributed by atoms with Crippen molar-refractivity contribution in [3.05, 3.63) is 84.3 Å². The fourth-order valence-corrected chi connectivity index (χ4v) is 2.77. The SMILES string of the molecule is Oc1ccc(/C=C/c2nc(-c3cccc4ccccc34)c[nH]2)cc1. The lowest BCUT2D eigenvalue weighted by molar-refractivity contribution is 0.475. The van der Waals surface area contributed by atoms with Crippen molar-refractivity contribution in [1.82, 2.24) is 9.97 Å². The van der Waals surface area contributed by atoms with Gasteiger partial charge < -0.3 is 10.1 Å². The van der Waals surface area contributed by atoms with Crippen molar-refractivity contribution in [3.63, 3.8) is 0 Å². The lowest BCUT2D eigenvalue weighted by atomic mass is 10.0. The van der Waals surface area contributed by atoms with Gasteiger partial charge in [0.25, 0.3) is 0 Å². The summed E-state index contributed by atoms with van der Waals surface area (Å²) in [4.78, 5) is 7.87. The molecule has 4 rings (SSSR count). The van der Waals surface area contributed by atoms with Gasteiger partial charge in [-0.1, -0.05) is 60.7 Å². The topological polar surface area (TPSA) is 48.9 Å². The van der Waals surface area contributed by atoms with Crippen molar-refractivity contribution >= 4 is 22.9 Å². The number of aromatic hydroxyl groups is 1. The first kappa shape index (κ1) is 14.3. The van der Waals surface area contributed by atoms with E-state index in [0.717, 1.165) is 22.6 Å². The van der Waals surface area contributed by atoms with Crippen LogP contribution in [0.5, 0.6) is 5.75 Å². The number of hydrogen-bond donors (Lipinski definition) is 2. The van der Waals surface area contributed by atoms with Gasteiger partial charge in [-0.3, -0.25) is 0 Å². The molecule has 3 aromatic carbocycles. The third kappa shape index (κ3) is 2.79. The maximum Gasteiger partial charge on any atom is 0.130 e. The molecule has 0 aliphatic rings. The van der Waals surface area contributed by atoms with Gasteiger partial charge in [0.15, 0.2) is 0 Å². The Kier molecular flexibility index (Phi) is 3.60. The van der Waals surface area contributed by atoms with E-state index in [1.54, 1.807) is 12.1 Å². The van der Waals surface area contributed by atoms with Crippen molar-refractivity contribution < 1.29 is 5.11 Å². The highest BCUT2D eigenvalue weighted by atomic mass is 16.3. The minimum Gasteiger partial charge on any atom is -0.508 e. The summed E-state index contributed by atoms with van der Waals surface area (Å²) < 4.78 is 0. The Morgan fingerprint density at radius 3 is 2.50 bits per heavy atom. The molecular formula is C21H16N2O. The molecule has 0 fully saturated rings. The molecule has 0 aliphatic carbocycles. The van der Waals surface area contributed by atoms with E-state index < -0.39 is 0 Å². The largest absolute Gasteiger partial charge is 0.508 e. The second kappa shape index (κ2) is 6.05. The van der Waals surface area contributed by atoms with Crippen molar-refractivity contribution in [2.45, 2.75) is 0 Å². The fourth-order valence-electron chi connectivity index (χ4n) is 2.77. The Labute approximate surface area is 139 Å². The highest BCUT2D eigenvalue weighted by Crippen LogP contribution is 2.27. The van der Waals surface area contributed by atoms with Gasteiger partial charge in [-0.25, -0.2) is 4.98 Å². The smallest absolute Gasteiger partial charge is 0.130 e. The summed E-state index contributed by atoms with van der Waals surface area (Å²) in [6.45, 7) is 0. The number of aromatic amines is 1. The van der Waals surface area contributed by atoms with Crippen LogP contribution >= 0.6 is 0 Å². The van der Waals surface area contributed by atoms with Crippen LogP contribution in [0.4, 0.5) is 0 Å². The number of nitrogens with zero attached hydrogens (tertiary/aromatic N) is 1. The van der Waals surface area contributed by atoms with Crippen LogP contribution in [0.2, 0.25) is 0 Å². The summed E-state index contributed by atoms with van der Waals surface area (Å²) in [6.07, 6.45) is 5.82. The van der Waals surface area contributed by atoms with Crippen molar-refractivity contribution in [1.29, 1.82) is 0 Å². The molecule has 116 valence electrons. The molecule has 0 saturated carbocycles. The fraction of sp³-hybridized carbons (Fsp3) is 0. The second-order valence-electron chi connectivity index (χ2n) is 5.62. The molecule has 0 amide bonds. The van der Waals surface area contributed by atoms with E-state index >= 15 is 0 Å². The number of H-pyrrole nitrogens is 1. The molecule has 3 nitrogen and oxygen atoms in total. The van der Waals surface area contributed by atoms with Gasteiger partial charge >= 0.3 is 0 Å². The number of aromatic nitrogens is 2. The monoisotopic (exact) mass is 312 g/mol. The zero-order valence-corrected chi connectivity index (χ0v) is 13.0. The third-order valence-electron chi connectivity index (χ3n) is 3.99. The standard InChI is InChI=1S/C21H16N2O/c24-17-11-8-15(9-12-17)10-13-21-22-14-20(23-21)19-7-3-5-16-4-1-2-6-18(16)19/h1-14,24H,(H,22,23)/b13-10+. The molecule has 1 aromatic heterocycles.